The number of para-hydroxylation sites is 1. The number of rotatable bonds is 4. The lowest BCUT2D eigenvalue weighted by atomic mass is 10.2. The van der Waals surface area contributed by atoms with Crippen molar-refractivity contribution in [3.05, 3.63) is 94.9 Å². The molecule has 0 bridgehead atoms. The number of carbonyl (C=O) groups is 1. The van der Waals surface area contributed by atoms with Crippen LogP contribution in [0.15, 0.2) is 78.2 Å². The summed E-state index contributed by atoms with van der Waals surface area (Å²) in [5.74, 6) is -0.340. The number of carbonyl (C=O) groups excluding carboxylic acids is 1. The van der Waals surface area contributed by atoms with Gasteiger partial charge in [-0.3, -0.25) is 9.59 Å². The molecule has 0 radical (unpaired) electrons. The molecule has 3 heterocycles. The molecule has 0 fully saturated rings. The largest absolute Gasteiger partial charge is 0.333 e. The highest BCUT2D eigenvalue weighted by atomic mass is 16.2. The number of imidazole rings is 1. The molecule has 1 amide bonds. The van der Waals surface area contributed by atoms with Crippen LogP contribution in [-0.2, 0) is 6.54 Å². The number of fused-ring (bicyclic) bond motifs is 3. The SMILES string of the molecule is O=C(Nc1ccc(Cn2ccnc2)cc1)c1cnn2c1[nH]c(=O)c1ccccc12. The number of nitrogens with zero attached hydrogens (tertiary/aromatic N) is 4. The zero-order valence-corrected chi connectivity index (χ0v) is 15.2. The van der Waals surface area contributed by atoms with Crippen molar-refractivity contribution in [1.82, 2.24) is 24.1 Å². The Morgan fingerprint density at radius 1 is 1.10 bits per heavy atom. The molecule has 0 aliphatic heterocycles. The van der Waals surface area contributed by atoms with Crippen molar-refractivity contribution in [2.75, 3.05) is 5.32 Å². The summed E-state index contributed by atoms with van der Waals surface area (Å²) >= 11 is 0. The Labute approximate surface area is 164 Å². The summed E-state index contributed by atoms with van der Waals surface area (Å²) in [5, 5.41) is 7.66. The van der Waals surface area contributed by atoms with Crippen LogP contribution in [0.5, 0.6) is 0 Å². The van der Waals surface area contributed by atoms with Gasteiger partial charge >= 0.3 is 0 Å². The van der Waals surface area contributed by atoms with Gasteiger partial charge in [0.15, 0.2) is 0 Å². The zero-order chi connectivity index (χ0) is 19.8. The molecule has 142 valence electrons. The summed E-state index contributed by atoms with van der Waals surface area (Å²) in [7, 11) is 0. The van der Waals surface area contributed by atoms with E-state index in [4.69, 9.17) is 0 Å². The van der Waals surface area contributed by atoms with Crippen molar-refractivity contribution in [3.8, 4) is 0 Å². The fraction of sp³-hybridized carbons (Fsp3) is 0.0476. The Bertz CT molecular complexity index is 1380. The summed E-state index contributed by atoms with van der Waals surface area (Å²) in [5.41, 5.74) is 2.80. The van der Waals surface area contributed by atoms with Gasteiger partial charge in [-0.1, -0.05) is 24.3 Å². The number of hydrogen-bond donors (Lipinski definition) is 2. The van der Waals surface area contributed by atoms with Gasteiger partial charge in [-0.2, -0.15) is 5.10 Å². The minimum atomic E-state index is -0.340. The molecule has 0 aliphatic carbocycles. The molecular formula is C21H16N6O2. The summed E-state index contributed by atoms with van der Waals surface area (Å²) in [4.78, 5) is 31.9. The van der Waals surface area contributed by atoms with E-state index in [0.29, 0.717) is 34.3 Å². The van der Waals surface area contributed by atoms with Crippen molar-refractivity contribution < 1.29 is 4.79 Å². The molecule has 0 spiro atoms. The number of H-pyrrole nitrogens is 1. The van der Waals surface area contributed by atoms with Crippen LogP contribution in [-0.4, -0.2) is 30.1 Å². The first kappa shape index (κ1) is 16.9. The lowest BCUT2D eigenvalue weighted by Gasteiger charge is -2.07. The molecule has 5 aromatic rings. The van der Waals surface area contributed by atoms with Gasteiger partial charge in [-0.05, 0) is 29.8 Å². The molecule has 2 aromatic carbocycles. The molecule has 0 unspecified atom stereocenters. The van der Waals surface area contributed by atoms with E-state index < -0.39 is 0 Å². The number of benzene rings is 2. The van der Waals surface area contributed by atoms with Crippen molar-refractivity contribution >= 4 is 28.1 Å². The first-order chi connectivity index (χ1) is 14.2. The topological polar surface area (TPSA) is 97.1 Å². The van der Waals surface area contributed by atoms with Crippen LogP contribution in [0, 0.1) is 0 Å². The second kappa shape index (κ2) is 6.75. The van der Waals surface area contributed by atoms with Gasteiger partial charge in [0.25, 0.3) is 11.5 Å². The maximum absolute atomic E-state index is 12.8. The average Bonchev–Trinajstić information content (AvgIpc) is 3.39. The van der Waals surface area contributed by atoms with Gasteiger partial charge in [-0.15, -0.1) is 0 Å². The van der Waals surface area contributed by atoms with Gasteiger partial charge in [-0.25, -0.2) is 9.50 Å². The monoisotopic (exact) mass is 384 g/mol. The first-order valence-corrected chi connectivity index (χ1v) is 9.04. The lowest BCUT2D eigenvalue weighted by molar-refractivity contribution is 0.102. The number of amides is 1. The van der Waals surface area contributed by atoms with Crippen molar-refractivity contribution in [2.24, 2.45) is 0 Å². The van der Waals surface area contributed by atoms with Crippen LogP contribution < -0.4 is 10.9 Å². The van der Waals surface area contributed by atoms with E-state index in [9.17, 15) is 9.59 Å². The second-order valence-electron chi connectivity index (χ2n) is 6.68. The molecule has 8 heteroatoms. The number of hydrogen-bond acceptors (Lipinski definition) is 4. The molecule has 29 heavy (non-hydrogen) atoms. The highest BCUT2D eigenvalue weighted by molar-refractivity contribution is 6.08. The zero-order valence-electron chi connectivity index (χ0n) is 15.2. The van der Waals surface area contributed by atoms with E-state index in [2.05, 4.69) is 20.4 Å². The van der Waals surface area contributed by atoms with Crippen LogP contribution in [0.4, 0.5) is 5.69 Å². The predicted octanol–water partition coefficient (Wildman–Crippen LogP) is 2.67. The third kappa shape index (κ3) is 3.06. The Morgan fingerprint density at radius 3 is 2.72 bits per heavy atom. The second-order valence-corrected chi connectivity index (χ2v) is 6.68. The fourth-order valence-corrected chi connectivity index (χ4v) is 3.33. The van der Waals surface area contributed by atoms with Gasteiger partial charge in [0, 0.05) is 24.6 Å². The van der Waals surface area contributed by atoms with Crippen molar-refractivity contribution in [3.63, 3.8) is 0 Å². The summed E-state index contributed by atoms with van der Waals surface area (Å²) in [6.07, 6.45) is 6.84. The minimum Gasteiger partial charge on any atom is -0.333 e. The molecule has 0 aliphatic rings. The van der Waals surface area contributed by atoms with E-state index >= 15 is 0 Å². The van der Waals surface area contributed by atoms with Crippen molar-refractivity contribution in [2.45, 2.75) is 6.54 Å². The summed E-state index contributed by atoms with van der Waals surface area (Å²) in [6.45, 7) is 0.705. The summed E-state index contributed by atoms with van der Waals surface area (Å²) in [6, 6.07) is 14.7. The van der Waals surface area contributed by atoms with E-state index in [1.54, 1.807) is 35.2 Å². The van der Waals surface area contributed by atoms with E-state index in [1.165, 1.54) is 6.20 Å². The van der Waals surface area contributed by atoms with Crippen LogP contribution >= 0.6 is 0 Å². The predicted molar refractivity (Wildman–Crippen MR) is 109 cm³/mol. The molecule has 5 rings (SSSR count). The fourth-order valence-electron chi connectivity index (χ4n) is 3.33. The Balaban J connectivity index is 1.42. The molecule has 2 N–H and O–H groups in total. The van der Waals surface area contributed by atoms with Crippen LogP contribution in [0.3, 0.4) is 0 Å². The molecule has 0 saturated carbocycles. The van der Waals surface area contributed by atoms with Gasteiger partial charge < -0.3 is 14.9 Å². The van der Waals surface area contributed by atoms with E-state index in [1.807, 2.05) is 41.1 Å². The van der Waals surface area contributed by atoms with Crippen molar-refractivity contribution in [1.29, 1.82) is 0 Å². The molecule has 0 atom stereocenters. The standard InChI is InChI=1S/C21H16N6O2/c28-20-16-3-1-2-4-18(16)27-19(25-20)17(11-23-27)21(29)24-15-7-5-14(6-8-15)12-26-10-9-22-13-26/h1-11,13H,12H2,(H,24,29)(H,25,28). The van der Waals surface area contributed by atoms with Gasteiger partial charge in [0.05, 0.1) is 23.4 Å². The number of aromatic nitrogens is 5. The van der Waals surface area contributed by atoms with Crippen LogP contribution in [0.2, 0.25) is 0 Å². The molecule has 0 saturated heterocycles. The minimum absolute atomic E-state index is 0.258. The van der Waals surface area contributed by atoms with E-state index in [0.717, 1.165) is 5.56 Å². The van der Waals surface area contributed by atoms with Crippen LogP contribution in [0.1, 0.15) is 15.9 Å². The third-order valence-corrected chi connectivity index (χ3v) is 4.76. The Morgan fingerprint density at radius 2 is 1.93 bits per heavy atom. The normalized spacial score (nSPS) is 11.2. The maximum Gasteiger partial charge on any atom is 0.261 e. The number of anilines is 1. The third-order valence-electron chi connectivity index (χ3n) is 4.76. The Hall–Kier alpha value is -4.20. The lowest BCUT2D eigenvalue weighted by Crippen LogP contribution is -2.15. The molecule has 8 nitrogen and oxygen atoms in total. The highest BCUT2D eigenvalue weighted by Crippen LogP contribution is 2.17. The van der Waals surface area contributed by atoms with Gasteiger partial charge in [0.1, 0.15) is 11.2 Å². The van der Waals surface area contributed by atoms with Gasteiger partial charge in [0.2, 0.25) is 0 Å². The number of nitrogens with one attached hydrogen (secondary N) is 2. The summed E-state index contributed by atoms with van der Waals surface area (Å²) < 4.78 is 3.53. The molecule has 3 aromatic heterocycles. The smallest absolute Gasteiger partial charge is 0.261 e. The molecular weight excluding hydrogens is 368 g/mol. The van der Waals surface area contributed by atoms with E-state index in [-0.39, 0.29) is 11.5 Å². The highest BCUT2D eigenvalue weighted by Gasteiger charge is 2.16. The Kier molecular flexibility index (Phi) is 3.94. The maximum atomic E-state index is 12.8. The first-order valence-electron chi connectivity index (χ1n) is 9.04. The number of aromatic amines is 1. The average molecular weight is 384 g/mol. The quantitative estimate of drug-likeness (QED) is 0.498. The van der Waals surface area contributed by atoms with Crippen LogP contribution in [0.25, 0.3) is 16.6 Å².